The molecule has 3 rings (SSSR count). The minimum atomic E-state index is -0.0179. The van der Waals surface area contributed by atoms with Gasteiger partial charge in [0.05, 0.1) is 24.8 Å². The van der Waals surface area contributed by atoms with E-state index in [4.69, 9.17) is 9.47 Å². The Morgan fingerprint density at radius 3 is 2.43 bits per heavy atom. The van der Waals surface area contributed by atoms with Crippen molar-refractivity contribution < 1.29 is 14.3 Å². The number of nitrogens with zero attached hydrogens (tertiary/aromatic N) is 2. The van der Waals surface area contributed by atoms with Crippen LogP contribution in [0.2, 0.25) is 0 Å². The molecule has 2 aromatic carbocycles. The number of aliphatic imine (C=N–C) groups is 1. The number of aryl methyl sites for hydroxylation is 1. The number of amides is 1. The smallest absolute Gasteiger partial charge is 0.266 e. The Morgan fingerprint density at radius 1 is 1.11 bits per heavy atom. The number of ether oxygens (including phenoxy) is 2. The summed E-state index contributed by atoms with van der Waals surface area (Å²) in [6, 6.07) is 13.5. The molecule has 5 nitrogen and oxygen atoms in total. The van der Waals surface area contributed by atoms with Crippen molar-refractivity contribution in [2.24, 2.45) is 4.99 Å². The molecule has 28 heavy (non-hydrogen) atoms. The third-order valence-electron chi connectivity index (χ3n) is 4.38. The fraction of sp³-hybridized carbons (Fsp3) is 0.273. The van der Waals surface area contributed by atoms with Gasteiger partial charge in [-0.3, -0.25) is 9.69 Å². The van der Waals surface area contributed by atoms with Gasteiger partial charge in [-0.05, 0) is 66.6 Å². The first-order valence-corrected chi connectivity index (χ1v) is 9.96. The lowest BCUT2D eigenvalue weighted by atomic mass is 10.1. The number of para-hydroxylation sites is 1. The molecule has 0 radical (unpaired) electrons. The van der Waals surface area contributed by atoms with Gasteiger partial charge in [0.25, 0.3) is 5.91 Å². The normalized spacial score (nSPS) is 16.9. The predicted molar refractivity (Wildman–Crippen MR) is 115 cm³/mol. The summed E-state index contributed by atoms with van der Waals surface area (Å²) in [5, 5.41) is 0.711. The predicted octanol–water partition coefficient (Wildman–Crippen LogP) is 5.03. The maximum absolute atomic E-state index is 13.0. The van der Waals surface area contributed by atoms with Crippen LogP contribution in [0.5, 0.6) is 11.5 Å². The van der Waals surface area contributed by atoms with E-state index in [1.807, 2.05) is 55.5 Å². The van der Waals surface area contributed by atoms with E-state index >= 15 is 0 Å². The first-order chi connectivity index (χ1) is 13.6. The van der Waals surface area contributed by atoms with Gasteiger partial charge in [-0.15, -0.1) is 0 Å². The molecule has 1 aliphatic heterocycles. The Bertz CT molecular complexity index is 923. The highest BCUT2D eigenvalue weighted by Crippen LogP contribution is 2.37. The van der Waals surface area contributed by atoms with Crippen LogP contribution in [0.3, 0.4) is 0 Å². The van der Waals surface area contributed by atoms with Crippen molar-refractivity contribution in [3.63, 3.8) is 0 Å². The zero-order chi connectivity index (χ0) is 20.1. The molecule has 0 bridgehead atoms. The number of benzene rings is 2. The van der Waals surface area contributed by atoms with E-state index < -0.39 is 0 Å². The largest absolute Gasteiger partial charge is 0.493 e. The number of carbonyl (C=O) groups excluding carboxylic acids is 1. The van der Waals surface area contributed by atoms with E-state index in [1.54, 1.807) is 19.1 Å². The summed E-state index contributed by atoms with van der Waals surface area (Å²) in [4.78, 5) is 20.1. The van der Waals surface area contributed by atoms with Crippen molar-refractivity contribution in [2.45, 2.75) is 20.3 Å². The molecular formula is C22H24N2O3S. The average Bonchev–Trinajstić information content (AvgIpc) is 2.99. The van der Waals surface area contributed by atoms with Crippen LogP contribution >= 0.6 is 11.8 Å². The van der Waals surface area contributed by atoms with E-state index in [0.29, 0.717) is 28.1 Å². The van der Waals surface area contributed by atoms with Crippen LogP contribution in [0.1, 0.15) is 24.5 Å². The lowest BCUT2D eigenvalue weighted by Gasteiger charge is -2.14. The Morgan fingerprint density at radius 2 is 1.79 bits per heavy atom. The van der Waals surface area contributed by atoms with Gasteiger partial charge in [-0.1, -0.05) is 25.1 Å². The van der Waals surface area contributed by atoms with Crippen molar-refractivity contribution in [1.29, 1.82) is 0 Å². The van der Waals surface area contributed by atoms with Gasteiger partial charge in [0, 0.05) is 6.54 Å². The second-order valence-corrected chi connectivity index (χ2v) is 7.37. The van der Waals surface area contributed by atoms with Crippen LogP contribution in [0.15, 0.2) is 52.4 Å². The summed E-state index contributed by atoms with van der Waals surface area (Å²) in [6.45, 7) is 4.68. The molecule has 146 valence electrons. The zero-order valence-corrected chi connectivity index (χ0v) is 17.4. The van der Waals surface area contributed by atoms with Gasteiger partial charge in [-0.25, -0.2) is 4.99 Å². The SMILES string of the molecule is CCCN1C(=O)/C(=C/c2cc(OC)c(OC)cc2C)SC1=Nc1ccccc1. The minimum Gasteiger partial charge on any atom is -0.493 e. The van der Waals surface area contributed by atoms with Crippen LogP contribution in [0.25, 0.3) is 6.08 Å². The number of hydrogen-bond acceptors (Lipinski definition) is 5. The average molecular weight is 397 g/mol. The van der Waals surface area contributed by atoms with E-state index in [-0.39, 0.29) is 5.91 Å². The number of carbonyl (C=O) groups is 1. The molecule has 0 unspecified atom stereocenters. The van der Waals surface area contributed by atoms with E-state index in [0.717, 1.165) is 23.2 Å². The highest BCUT2D eigenvalue weighted by molar-refractivity contribution is 8.18. The first kappa shape index (κ1) is 20.0. The third-order valence-corrected chi connectivity index (χ3v) is 5.38. The summed E-state index contributed by atoms with van der Waals surface area (Å²) in [5.74, 6) is 1.29. The lowest BCUT2D eigenvalue weighted by molar-refractivity contribution is -0.122. The lowest BCUT2D eigenvalue weighted by Crippen LogP contribution is -2.29. The van der Waals surface area contributed by atoms with E-state index in [2.05, 4.69) is 11.9 Å². The molecular weight excluding hydrogens is 372 g/mol. The third kappa shape index (κ3) is 4.22. The molecule has 1 heterocycles. The quantitative estimate of drug-likeness (QED) is 0.643. The summed E-state index contributed by atoms with van der Waals surface area (Å²) in [6.07, 6.45) is 2.77. The standard InChI is InChI=1S/C22H24N2O3S/c1-5-11-24-21(25)20(28-22(24)23-17-9-7-6-8-10-17)14-16-13-19(27-4)18(26-3)12-15(16)2/h6-10,12-14H,5,11H2,1-4H3/b20-14-,23-22?. The van der Waals surface area contributed by atoms with Gasteiger partial charge in [0.1, 0.15) is 0 Å². The Labute approximate surface area is 170 Å². The van der Waals surface area contributed by atoms with Crippen molar-refractivity contribution in [3.05, 3.63) is 58.5 Å². The van der Waals surface area contributed by atoms with Gasteiger partial charge in [0.2, 0.25) is 0 Å². The molecule has 0 aliphatic carbocycles. The minimum absolute atomic E-state index is 0.0179. The van der Waals surface area contributed by atoms with Crippen LogP contribution in [-0.4, -0.2) is 36.7 Å². The van der Waals surface area contributed by atoms with Crippen molar-refractivity contribution >= 4 is 34.6 Å². The molecule has 0 aromatic heterocycles. The highest BCUT2D eigenvalue weighted by atomic mass is 32.2. The van der Waals surface area contributed by atoms with Crippen LogP contribution in [-0.2, 0) is 4.79 Å². The van der Waals surface area contributed by atoms with E-state index in [9.17, 15) is 4.79 Å². The number of methoxy groups -OCH3 is 2. The van der Waals surface area contributed by atoms with Crippen LogP contribution < -0.4 is 9.47 Å². The Balaban J connectivity index is 1.99. The maximum atomic E-state index is 13.0. The second kappa shape index (κ2) is 8.97. The molecule has 0 N–H and O–H groups in total. The molecule has 1 fully saturated rings. The first-order valence-electron chi connectivity index (χ1n) is 9.15. The molecule has 1 saturated heterocycles. The van der Waals surface area contributed by atoms with Crippen LogP contribution in [0, 0.1) is 6.92 Å². The zero-order valence-electron chi connectivity index (χ0n) is 16.6. The summed E-state index contributed by atoms with van der Waals surface area (Å²) in [7, 11) is 3.22. The van der Waals surface area contributed by atoms with Gasteiger partial charge in [-0.2, -0.15) is 0 Å². The number of thioether (sulfide) groups is 1. The Kier molecular flexibility index (Phi) is 6.41. The van der Waals surface area contributed by atoms with Gasteiger partial charge >= 0.3 is 0 Å². The van der Waals surface area contributed by atoms with Crippen LogP contribution in [0.4, 0.5) is 5.69 Å². The fourth-order valence-electron chi connectivity index (χ4n) is 2.92. The number of amidine groups is 1. The van der Waals surface area contributed by atoms with Crippen molar-refractivity contribution in [1.82, 2.24) is 4.90 Å². The van der Waals surface area contributed by atoms with E-state index in [1.165, 1.54) is 11.8 Å². The Hall–Kier alpha value is -2.73. The summed E-state index contributed by atoms with van der Waals surface area (Å²) >= 11 is 1.40. The topological polar surface area (TPSA) is 51.1 Å². The molecule has 1 aliphatic rings. The molecule has 0 saturated carbocycles. The van der Waals surface area contributed by atoms with Gasteiger partial charge in [0.15, 0.2) is 16.7 Å². The summed E-state index contributed by atoms with van der Waals surface area (Å²) in [5.41, 5.74) is 2.77. The molecule has 0 spiro atoms. The maximum Gasteiger partial charge on any atom is 0.266 e. The van der Waals surface area contributed by atoms with Crippen molar-refractivity contribution in [2.75, 3.05) is 20.8 Å². The van der Waals surface area contributed by atoms with Gasteiger partial charge < -0.3 is 9.47 Å². The number of rotatable bonds is 6. The fourth-order valence-corrected chi connectivity index (χ4v) is 3.93. The molecule has 6 heteroatoms. The second-order valence-electron chi connectivity index (χ2n) is 6.36. The summed E-state index contributed by atoms with van der Waals surface area (Å²) < 4.78 is 10.8. The molecule has 2 aromatic rings. The van der Waals surface area contributed by atoms with Crippen molar-refractivity contribution in [3.8, 4) is 11.5 Å². The molecule has 0 atom stereocenters. The molecule has 1 amide bonds. The highest BCUT2D eigenvalue weighted by Gasteiger charge is 2.33. The monoisotopic (exact) mass is 396 g/mol. The number of hydrogen-bond donors (Lipinski definition) is 0.